The van der Waals surface area contributed by atoms with E-state index in [0.29, 0.717) is 0 Å². The van der Waals surface area contributed by atoms with Crippen molar-refractivity contribution in [1.29, 1.82) is 0 Å². The minimum Gasteiger partial charge on any atom is -0.266 e. The molecule has 0 unspecified atom stereocenters. The highest BCUT2D eigenvalue weighted by atomic mass is 16.2. The SMILES string of the molecule is CC(=NNC(=O)C[n+]1ccccc1)c1ccccc1. The number of aromatic nitrogens is 1. The lowest BCUT2D eigenvalue weighted by atomic mass is 10.1. The first-order chi connectivity index (χ1) is 9.25. The molecule has 0 saturated carbocycles. The first-order valence-corrected chi connectivity index (χ1v) is 6.08. The Bertz CT molecular complexity index is 564. The molecule has 0 radical (unpaired) electrons. The molecule has 0 fully saturated rings. The topological polar surface area (TPSA) is 45.3 Å². The van der Waals surface area contributed by atoms with E-state index in [4.69, 9.17) is 0 Å². The Morgan fingerprint density at radius 2 is 1.74 bits per heavy atom. The zero-order chi connectivity index (χ0) is 13.5. The molecule has 2 rings (SSSR count). The van der Waals surface area contributed by atoms with Crippen LogP contribution >= 0.6 is 0 Å². The van der Waals surface area contributed by atoms with Gasteiger partial charge in [-0.2, -0.15) is 9.67 Å². The highest BCUT2D eigenvalue weighted by Gasteiger charge is 2.07. The van der Waals surface area contributed by atoms with Gasteiger partial charge in [-0.05, 0) is 12.5 Å². The summed E-state index contributed by atoms with van der Waals surface area (Å²) in [5.41, 5.74) is 4.34. The molecule has 0 atom stereocenters. The van der Waals surface area contributed by atoms with Crippen LogP contribution in [0.5, 0.6) is 0 Å². The zero-order valence-corrected chi connectivity index (χ0v) is 10.8. The number of nitrogens with one attached hydrogen (secondary N) is 1. The molecule has 0 aliphatic heterocycles. The third-order valence-corrected chi connectivity index (χ3v) is 2.64. The highest BCUT2D eigenvalue weighted by molar-refractivity contribution is 5.99. The summed E-state index contributed by atoms with van der Waals surface area (Å²) in [4.78, 5) is 11.7. The molecule has 19 heavy (non-hydrogen) atoms. The molecule has 0 aliphatic rings. The van der Waals surface area contributed by atoms with Gasteiger partial charge in [0.1, 0.15) is 0 Å². The Morgan fingerprint density at radius 3 is 2.42 bits per heavy atom. The predicted molar refractivity (Wildman–Crippen MR) is 73.4 cm³/mol. The summed E-state index contributed by atoms with van der Waals surface area (Å²) in [7, 11) is 0. The van der Waals surface area contributed by atoms with Crippen LogP contribution in [0, 0.1) is 0 Å². The molecule has 96 valence electrons. The number of carbonyl (C=O) groups excluding carboxylic acids is 1. The minimum atomic E-state index is -0.147. The van der Waals surface area contributed by atoms with E-state index in [0.717, 1.165) is 11.3 Å². The van der Waals surface area contributed by atoms with Gasteiger partial charge < -0.3 is 0 Å². The molecule has 1 N–H and O–H groups in total. The zero-order valence-electron chi connectivity index (χ0n) is 10.8. The Hall–Kier alpha value is -2.49. The summed E-state index contributed by atoms with van der Waals surface area (Å²) < 4.78 is 1.79. The summed E-state index contributed by atoms with van der Waals surface area (Å²) in [6.45, 7) is 2.12. The van der Waals surface area contributed by atoms with Crippen molar-refractivity contribution in [2.75, 3.05) is 0 Å². The number of benzene rings is 1. The number of hydrogen-bond acceptors (Lipinski definition) is 2. The molecule has 0 bridgehead atoms. The Kier molecular flexibility index (Phi) is 4.39. The second-order valence-corrected chi connectivity index (χ2v) is 4.15. The molecule has 1 amide bonds. The van der Waals surface area contributed by atoms with E-state index in [1.165, 1.54) is 0 Å². The van der Waals surface area contributed by atoms with Gasteiger partial charge in [-0.15, -0.1) is 0 Å². The van der Waals surface area contributed by atoms with E-state index in [2.05, 4.69) is 10.5 Å². The summed E-state index contributed by atoms with van der Waals surface area (Å²) in [5.74, 6) is -0.147. The van der Waals surface area contributed by atoms with Crippen LogP contribution in [0.3, 0.4) is 0 Å². The third kappa shape index (κ3) is 4.03. The van der Waals surface area contributed by atoms with Crippen molar-refractivity contribution in [2.24, 2.45) is 5.10 Å². The molecule has 0 saturated heterocycles. The Balaban J connectivity index is 1.93. The quantitative estimate of drug-likeness (QED) is 0.502. The molecule has 4 nitrogen and oxygen atoms in total. The van der Waals surface area contributed by atoms with Crippen LogP contribution in [-0.2, 0) is 11.3 Å². The number of amides is 1. The molecule has 0 spiro atoms. The number of pyridine rings is 1. The molecule has 1 aromatic carbocycles. The van der Waals surface area contributed by atoms with Crippen LogP contribution < -0.4 is 9.99 Å². The van der Waals surface area contributed by atoms with E-state index >= 15 is 0 Å². The lowest BCUT2D eigenvalue weighted by Gasteiger charge is -2.01. The van der Waals surface area contributed by atoms with Crippen molar-refractivity contribution in [2.45, 2.75) is 13.5 Å². The molecule has 4 heteroatoms. The van der Waals surface area contributed by atoms with Crippen LogP contribution in [0.4, 0.5) is 0 Å². The summed E-state index contributed by atoms with van der Waals surface area (Å²) in [6, 6.07) is 15.4. The molecule has 1 heterocycles. The van der Waals surface area contributed by atoms with Gasteiger partial charge in [0, 0.05) is 12.1 Å². The number of nitrogens with zero attached hydrogens (tertiary/aromatic N) is 2. The maximum Gasteiger partial charge on any atom is 0.305 e. The summed E-state index contributed by atoms with van der Waals surface area (Å²) in [5, 5.41) is 4.09. The van der Waals surface area contributed by atoms with Gasteiger partial charge in [0.25, 0.3) is 0 Å². The van der Waals surface area contributed by atoms with Crippen LogP contribution in [-0.4, -0.2) is 11.6 Å². The fourth-order valence-corrected chi connectivity index (χ4v) is 1.63. The van der Waals surface area contributed by atoms with Crippen molar-refractivity contribution in [1.82, 2.24) is 5.43 Å². The second-order valence-electron chi connectivity index (χ2n) is 4.15. The number of rotatable bonds is 4. The number of hydrazone groups is 1. The van der Waals surface area contributed by atoms with Crippen molar-refractivity contribution < 1.29 is 9.36 Å². The van der Waals surface area contributed by atoms with Gasteiger partial charge in [0.15, 0.2) is 12.4 Å². The van der Waals surface area contributed by atoms with Gasteiger partial charge in [-0.1, -0.05) is 36.4 Å². The van der Waals surface area contributed by atoms with E-state index in [1.54, 1.807) is 4.57 Å². The van der Waals surface area contributed by atoms with Gasteiger partial charge >= 0.3 is 5.91 Å². The monoisotopic (exact) mass is 254 g/mol. The lowest BCUT2D eigenvalue weighted by Crippen LogP contribution is -2.41. The van der Waals surface area contributed by atoms with Crippen molar-refractivity contribution in [3.8, 4) is 0 Å². The van der Waals surface area contributed by atoms with E-state index in [-0.39, 0.29) is 12.5 Å². The first-order valence-electron chi connectivity index (χ1n) is 6.08. The lowest BCUT2D eigenvalue weighted by molar-refractivity contribution is -0.684. The van der Waals surface area contributed by atoms with Crippen LogP contribution in [0.2, 0.25) is 0 Å². The standard InChI is InChI=1S/C15H15N3O/c1-13(14-8-4-2-5-9-14)16-17-15(19)12-18-10-6-3-7-11-18/h2-11H,12H2,1H3/p+1. The molecular weight excluding hydrogens is 238 g/mol. The fraction of sp³-hybridized carbons (Fsp3) is 0.133. The average molecular weight is 254 g/mol. The molecular formula is C15H16N3O+. The normalized spacial score (nSPS) is 11.1. The average Bonchev–Trinajstić information content (AvgIpc) is 2.47. The molecule has 2 aromatic rings. The van der Waals surface area contributed by atoms with E-state index in [9.17, 15) is 4.79 Å². The van der Waals surface area contributed by atoms with E-state index in [1.807, 2.05) is 67.8 Å². The maximum absolute atomic E-state index is 11.7. The van der Waals surface area contributed by atoms with Gasteiger partial charge in [0.05, 0.1) is 5.71 Å². The largest absolute Gasteiger partial charge is 0.305 e. The molecule has 0 aliphatic carbocycles. The third-order valence-electron chi connectivity index (χ3n) is 2.64. The smallest absolute Gasteiger partial charge is 0.266 e. The van der Waals surface area contributed by atoms with Gasteiger partial charge in [0.2, 0.25) is 6.54 Å². The second kappa shape index (κ2) is 6.44. The summed E-state index contributed by atoms with van der Waals surface area (Å²) >= 11 is 0. The van der Waals surface area contributed by atoms with Gasteiger partial charge in [-0.3, -0.25) is 4.79 Å². The fourth-order valence-electron chi connectivity index (χ4n) is 1.63. The Morgan fingerprint density at radius 1 is 1.11 bits per heavy atom. The number of hydrogen-bond donors (Lipinski definition) is 1. The predicted octanol–water partition coefficient (Wildman–Crippen LogP) is 1.51. The van der Waals surface area contributed by atoms with Crippen molar-refractivity contribution in [3.05, 3.63) is 66.5 Å². The van der Waals surface area contributed by atoms with E-state index < -0.39 is 0 Å². The van der Waals surface area contributed by atoms with Crippen LogP contribution in [0.25, 0.3) is 0 Å². The van der Waals surface area contributed by atoms with Crippen LogP contribution in [0.15, 0.2) is 66.0 Å². The summed E-state index contributed by atoms with van der Waals surface area (Å²) in [6.07, 6.45) is 3.68. The van der Waals surface area contributed by atoms with Gasteiger partial charge in [-0.25, -0.2) is 5.43 Å². The first kappa shape index (κ1) is 13.0. The number of carbonyl (C=O) groups is 1. The van der Waals surface area contributed by atoms with Crippen molar-refractivity contribution >= 4 is 11.6 Å². The minimum absolute atomic E-state index is 0.147. The molecule has 1 aromatic heterocycles. The van der Waals surface area contributed by atoms with Crippen LogP contribution in [0.1, 0.15) is 12.5 Å². The van der Waals surface area contributed by atoms with Crippen molar-refractivity contribution in [3.63, 3.8) is 0 Å². The highest BCUT2D eigenvalue weighted by Crippen LogP contribution is 1.99. The Labute approximate surface area is 112 Å². The maximum atomic E-state index is 11.7.